The van der Waals surface area contributed by atoms with Gasteiger partial charge < -0.3 is 0 Å². The van der Waals surface area contributed by atoms with Gasteiger partial charge in [0.2, 0.25) is 5.13 Å². The number of carbonyl (C=O) groups excluding carboxylic acids is 1. The number of hydrogen-bond donors (Lipinski definition) is 1. The molecule has 1 N–H and O–H groups in total. The van der Waals surface area contributed by atoms with Gasteiger partial charge in [-0.3, -0.25) is 15.1 Å². The second-order valence-corrected chi connectivity index (χ2v) is 6.21. The van der Waals surface area contributed by atoms with Gasteiger partial charge in [-0.25, -0.2) is 8.78 Å². The predicted molar refractivity (Wildman–Crippen MR) is 87.5 cm³/mol. The lowest BCUT2D eigenvalue weighted by Gasteiger charge is -2.10. The number of aromatic nitrogens is 3. The van der Waals surface area contributed by atoms with Crippen molar-refractivity contribution in [1.82, 2.24) is 14.3 Å². The largest absolute Gasteiger partial charge is 0.434 e. The van der Waals surface area contributed by atoms with E-state index in [-0.39, 0.29) is 21.5 Å². The first-order valence-corrected chi connectivity index (χ1v) is 8.14. The molecule has 0 fully saturated rings. The van der Waals surface area contributed by atoms with E-state index < -0.39 is 35.0 Å². The first-order chi connectivity index (χ1) is 12.7. The van der Waals surface area contributed by atoms with Crippen LogP contribution >= 0.6 is 23.1 Å². The molecule has 0 saturated carbocycles. The summed E-state index contributed by atoms with van der Waals surface area (Å²) in [4.78, 5) is 19.1. The summed E-state index contributed by atoms with van der Waals surface area (Å²) in [5.74, 6) is -3.88. The molecule has 0 bridgehead atoms. The fraction of sp³-hybridized carbons (Fsp3) is 0.0667. The second-order valence-electron chi connectivity index (χ2n) is 5.02. The zero-order valence-corrected chi connectivity index (χ0v) is 14.4. The van der Waals surface area contributed by atoms with Crippen molar-refractivity contribution in [2.24, 2.45) is 0 Å². The van der Waals surface area contributed by atoms with Gasteiger partial charge >= 0.3 is 6.18 Å². The van der Waals surface area contributed by atoms with Crippen LogP contribution in [0.25, 0.3) is 11.4 Å². The summed E-state index contributed by atoms with van der Waals surface area (Å²) >= 11 is 6.24. The average Bonchev–Trinajstić information content (AvgIpc) is 3.05. The molecule has 0 aliphatic carbocycles. The number of hydrogen-bond acceptors (Lipinski definition) is 5. The topological polar surface area (TPSA) is 67.8 Å². The smallest absolute Gasteiger partial charge is 0.297 e. The van der Waals surface area contributed by atoms with Gasteiger partial charge in [-0.2, -0.15) is 22.5 Å². The number of amides is 1. The second kappa shape index (κ2) is 7.16. The molecule has 5 nitrogen and oxygen atoms in total. The summed E-state index contributed by atoms with van der Waals surface area (Å²) in [6.45, 7) is 0. The van der Waals surface area contributed by atoms with Crippen LogP contribution in [0, 0.1) is 11.6 Å². The maximum Gasteiger partial charge on any atom is 0.434 e. The number of nitrogens with one attached hydrogen (secondary N) is 1. The van der Waals surface area contributed by atoms with Crippen molar-refractivity contribution >= 4 is 34.2 Å². The molecular weight excluding hydrogens is 415 g/mol. The summed E-state index contributed by atoms with van der Waals surface area (Å²) in [6.07, 6.45) is -3.93. The lowest BCUT2D eigenvalue weighted by molar-refractivity contribution is -0.141. The molecular formula is C15H6ClF5N4OS. The number of carbonyl (C=O) groups is 1. The average molecular weight is 421 g/mol. The summed E-state index contributed by atoms with van der Waals surface area (Å²) in [5, 5.41) is 1.81. The van der Waals surface area contributed by atoms with E-state index in [4.69, 9.17) is 11.6 Å². The maximum absolute atomic E-state index is 13.9. The molecule has 0 unspecified atom stereocenters. The van der Waals surface area contributed by atoms with Crippen LogP contribution in [-0.4, -0.2) is 20.2 Å². The number of halogens is 6. The molecule has 12 heteroatoms. The van der Waals surface area contributed by atoms with E-state index in [1.807, 2.05) is 0 Å². The number of pyridine rings is 1. The Hall–Kier alpha value is -2.66. The molecule has 1 aromatic carbocycles. The highest BCUT2D eigenvalue weighted by Crippen LogP contribution is 2.31. The van der Waals surface area contributed by atoms with Gasteiger partial charge in [0.15, 0.2) is 23.2 Å². The normalized spacial score (nSPS) is 11.5. The Morgan fingerprint density at radius 1 is 1.22 bits per heavy atom. The minimum Gasteiger partial charge on any atom is -0.297 e. The molecule has 3 aromatic rings. The van der Waals surface area contributed by atoms with E-state index in [0.29, 0.717) is 11.5 Å². The summed E-state index contributed by atoms with van der Waals surface area (Å²) < 4.78 is 69.9. The Morgan fingerprint density at radius 2 is 1.96 bits per heavy atom. The van der Waals surface area contributed by atoms with Crippen LogP contribution in [0.4, 0.5) is 27.1 Å². The van der Waals surface area contributed by atoms with Gasteiger partial charge in [-0.05, 0) is 24.3 Å². The van der Waals surface area contributed by atoms with Crippen LogP contribution in [0.2, 0.25) is 5.02 Å². The van der Waals surface area contributed by atoms with Crippen molar-refractivity contribution in [1.29, 1.82) is 0 Å². The van der Waals surface area contributed by atoms with Gasteiger partial charge in [-0.1, -0.05) is 11.6 Å². The van der Waals surface area contributed by atoms with Gasteiger partial charge in [0.25, 0.3) is 5.91 Å². The van der Waals surface area contributed by atoms with E-state index in [1.54, 1.807) is 0 Å². The molecule has 2 aromatic heterocycles. The highest BCUT2D eigenvalue weighted by Gasteiger charge is 2.37. The molecule has 27 heavy (non-hydrogen) atoms. The molecule has 0 radical (unpaired) electrons. The Bertz CT molecular complexity index is 1020. The summed E-state index contributed by atoms with van der Waals surface area (Å²) in [7, 11) is 0. The number of anilines is 1. The quantitative estimate of drug-likeness (QED) is 0.488. The number of alkyl halides is 3. The molecule has 3 rings (SSSR count). The Morgan fingerprint density at radius 3 is 2.67 bits per heavy atom. The molecule has 0 aliphatic rings. The molecule has 2 heterocycles. The van der Waals surface area contributed by atoms with E-state index in [2.05, 4.69) is 19.7 Å². The Kier molecular flexibility index (Phi) is 5.07. The number of rotatable bonds is 3. The Balaban J connectivity index is 1.89. The molecule has 140 valence electrons. The molecule has 1 amide bonds. The monoisotopic (exact) mass is 420 g/mol. The van der Waals surface area contributed by atoms with Crippen LogP contribution in [-0.2, 0) is 6.18 Å². The van der Waals surface area contributed by atoms with Gasteiger partial charge in [0.1, 0.15) is 0 Å². The van der Waals surface area contributed by atoms with E-state index in [1.165, 1.54) is 6.07 Å². The fourth-order valence-corrected chi connectivity index (χ4v) is 2.86. The van der Waals surface area contributed by atoms with E-state index in [9.17, 15) is 26.7 Å². The van der Waals surface area contributed by atoms with Crippen molar-refractivity contribution in [3.05, 3.63) is 58.4 Å². The highest BCUT2D eigenvalue weighted by molar-refractivity contribution is 7.10. The summed E-state index contributed by atoms with van der Waals surface area (Å²) in [6, 6.07) is 3.95. The van der Waals surface area contributed by atoms with Crippen LogP contribution in [0.5, 0.6) is 0 Å². The van der Waals surface area contributed by atoms with Crippen molar-refractivity contribution in [2.75, 3.05) is 5.32 Å². The standard InChI is InChI=1S/C15H6ClF5N4OS/c16-6-4-8(10(18)9(17)5-6)12-23-14(27-25-12)24-13(26)7-2-1-3-22-11(7)15(19,20)21/h1-5H,(H,23,24,25,26). The molecule has 0 saturated heterocycles. The first-order valence-electron chi connectivity index (χ1n) is 6.99. The number of benzene rings is 1. The van der Waals surface area contributed by atoms with Gasteiger partial charge in [-0.15, -0.1) is 0 Å². The third-order valence-electron chi connectivity index (χ3n) is 3.20. The minimum atomic E-state index is -4.83. The van der Waals surface area contributed by atoms with Crippen molar-refractivity contribution in [3.63, 3.8) is 0 Å². The van der Waals surface area contributed by atoms with Crippen molar-refractivity contribution < 1.29 is 26.7 Å². The fourth-order valence-electron chi connectivity index (χ4n) is 2.08. The van der Waals surface area contributed by atoms with Crippen LogP contribution in [0.3, 0.4) is 0 Å². The van der Waals surface area contributed by atoms with Gasteiger partial charge in [0, 0.05) is 22.8 Å². The third kappa shape index (κ3) is 4.03. The van der Waals surface area contributed by atoms with Crippen LogP contribution in [0.15, 0.2) is 30.5 Å². The van der Waals surface area contributed by atoms with Gasteiger partial charge in [0.05, 0.1) is 11.1 Å². The first kappa shape index (κ1) is 19.1. The SMILES string of the molecule is O=C(Nc1nc(-c2cc(Cl)cc(F)c2F)ns1)c1cccnc1C(F)(F)F. The number of nitrogens with zero attached hydrogens (tertiary/aromatic N) is 3. The highest BCUT2D eigenvalue weighted by atomic mass is 35.5. The van der Waals surface area contributed by atoms with E-state index >= 15 is 0 Å². The predicted octanol–water partition coefficient (Wildman–Crippen LogP) is 4.80. The Labute approximate surface area is 157 Å². The zero-order valence-electron chi connectivity index (χ0n) is 12.8. The molecule has 0 spiro atoms. The molecule has 0 atom stereocenters. The minimum absolute atomic E-state index is 0.102. The van der Waals surface area contributed by atoms with E-state index in [0.717, 1.165) is 24.4 Å². The van der Waals surface area contributed by atoms with Crippen LogP contribution in [0.1, 0.15) is 16.1 Å². The summed E-state index contributed by atoms with van der Waals surface area (Å²) in [5.41, 5.74) is -2.44. The maximum atomic E-state index is 13.9. The van der Waals surface area contributed by atoms with Crippen LogP contribution < -0.4 is 5.32 Å². The third-order valence-corrected chi connectivity index (χ3v) is 4.05. The van der Waals surface area contributed by atoms with Crippen molar-refractivity contribution in [3.8, 4) is 11.4 Å². The lowest BCUT2D eigenvalue weighted by atomic mass is 10.1. The zero-order chi connectivity index (χ0) is 19.8. The van der Waals surface area contributed by atoms with Crippen molar-refractivity contribution in [2.45, 2.75) is 6.18 Å². The molecule has 0 aliphatic heterocycles. The lowest BCUT2D eigenvalue weighted by Crippen LogP contribution is -2.20.